The highest BCUT2D eigenvalue weighted by Gasteiger charge is 2.24. The van der Waals surface area contributed by atoms with Crippen molar-refractivity contribution in [1.29, 1.82) is 0 Å². The minimum Gasteiger partial charge on any atom is -0.508 e. The van der Waals surface area contributed by atoms with Crippen LogP contribution >= 0.6 is 0 Å². The van der Waals surface area contributed by atoms with Crippen LogP contribution in [0.25, 0.3) is 28.0 Å². The molecule has 0 unspecified atom stereocenters. The van der Waals surface area contributed by atoms with Gasteiger partial charge in [-0.3, -0.25) is 4.79 Å². The Kier molecular flexibility index (Phi) is 8.94. The summed E-state index contributed by atoms with van der Waals surface area (Å²) in [5.41, 5.74) is 1.60. The molecule has 240 valence electrons. The van der Waals surface area contributed by atoms with Gasteiger partial charge < -0.3 is 29.7 Å². The van der Waals surface area contributed by atoms with Crippen LogP contribution in [0.3, 0.4) is 0 Å². The second-order valence-electron chi connectivity index (χ2n) is 13.0. The number of nitrogens with one attached hydrogen (secondary N) is 2. The van der Waals surface area contributed by atoms with Crippen LogP contribution in [0, 0.1) is 5.92 Å². The zero-order valence-electron chi connectivity index (χ0n) is 26.5. The van der Waals surface area contributed by atoms with Gasteiger partial charge in [0, 0.05) is 42.8 Å². The zero-order valence-corrected chi connectivity index (χ0v) is 26.5. The molecule has 45 heavy (non-hydrogen) atoms. The summed E-state index contributed by atoms with van der Waals surface area (Å²) in [7, 11) is 0. The SMILES string of the molecule is CC(C)c1cc(-c2n[nH]c(=O)n2-c2ccc3c(ccn3CCC3CCN(C(=O)NCC(=O)OC(C)(C)C)CC3)c2)c(O)cc1O. The Morgan fingerprint density at radius 3 is 2.51 bits per heavy atom. The number of hydrogen-bond donors (Lipinski definition) is 4. The molecule has 1 saturated heterocycles. The van der Waals surface area contributed by atoms with Crippen molar-refractivity contribution in [1.82, 2.24) is 29.5 Å². The number of esters is 1. The van der Waals surface area contributed by atoms with Gasteiger partial charge in [0.2, 0.25) is 0 Å². The number of urea groups is 1. The highest BCUT2D eigenvalue weighted by atomic mass is 16.6. The number of piperidine rings is 1. The number of rotatable bonds is 8. The maximum absolute atomic E-state index is 12.9. The third-order valence-corrected chi connectivity index (χ3v) is 8.18. The number of carbonyl (C=O) groups excluding carboxylic acids is 2. The minimum atomic E-state index is -0.590. The molecule has 12 nitrogen and oxygen atoms in total. The summed E-state index contributed by atoms with van der Waals surface area (Å²) in [6, 6.07) is 10.5. The molecular formula is C33H42N6O6. The highest BCUT2D eigenvalue weighted by Crippen LogP contribution is 2.37. The lowest BCUT2D eigenvalue weighted by molar-refractivity contribution is -0.153. The molecule has 12 heteroatoms. The predicted molar refractivity (Wildman–Crippen MR) is 171 cm³/mol. The molecule has 5 rings (SSSR count). The Hall–Kier alpha value is -4.74. The molecule has 0 radical (unpaired) electrons. The number of hydrogen-bond acceptors (Lipinski definition) is 7. The van der Waals surface area contributed by atoms with E-state index in [0.29, 0.717) is 35.8 Å². The molecule has 2 amide bonds. The fourth-order valence-electron chi connectivity index (χ4n) is 5.86. The van der Waals surface area contributed by atoms with E-state index in [0.717, 1.165) is 36.7 Å². The molecule has 1 aliphatic heterocycles. The van der Waals surface area contributed by atoms with Gasteiger partial charge in [0.1, 0.15) is 23.6 Å². The van der Waals surface area contributed by atoms with Gasteiger partial charge in [-0.2, -0.15) is 5.10 Å². The van der Waals surface area contributed by atoms with E-state index in [4.69, 9.17) is 4.74 Å². The number of phenolic OH excluding ortho intramolecular Hbond substituents is 2. The third-order valence-electron chi connectivity index (χ3n) is 8.18. The van der Waals surface area contributed by atoms with Crippen LogP contribution in [0.4, 0.5) is 4.79 Å². The third kappa shape index (κ3) is 7.16. The summed E-state index contributed by atoms with van der Waals surface area (Å²) < 4.78 is 8.87. The van der Waals surface area contributed by atoms with E-state index in [1.54, 1.807) is 31.7 Å². The van der Waals surface area contributed by atoms with E-state index < -0.39 is 17.3 Å². The zero-order chi connectivity index (χ0) is 32.5. The van der Waals surface area contributed by atoms with Gasteiger partial charge in [0.05, 0.1) is 11.3 Å². The predicted octanol–water partition coefficient (Wildman–Crippen LogP) is 4.87. The number of amides is 2. The molecular weight excluding hydrogens is 576 g/mol. The quantitative estimate of drug-likeness (QED) is 0.205. The summed E-state index contributed by atoms with van der Waals surface area (Å²) in [5.74, 6) is 0.0928. The molecule has 2 aromatic carbocycles. The lowest BCUT2D eigenvalue weighted by Crippen LogP contribution is -2.46. The largest absolute Gasteiger partial charge is 0.508 e. The highest BCUT2D eigenvalue weighted by molar-refractivity contribution is 5.83. The Balaban J connectivity index is 1.22. The first-order valence-electron chi connectivity index (χ1n) is 15.4. The maximum Gasteiger partial charge on any atom is 0.348 e. The first kappa shape index (κ1) is 31.7. The lowest BCUT2D eigenvalue weighted by atomic mass is 9.93. The molecule has 1 fully saturated rings. The minimum absolute atomic E-state index is 0.00226. The number of carbonyl (C=O) groups is 2. The maximum atomic E-state index is 12.9. The van der Waals surface area contributed by atoms with Crippen molar-refractivity contribution in [2.75, 3.05) is 19.6 Å². The second kappa shape index (κ2) is 12.7. The van der Waals surface area contributed by atoms with Crippen LogP contribution in [0.5, 0.6) is 11.5 Å². The van der Waals surface area contributed by atoms with Gasteiger partial charge in [-0.15, -0.1) is 0 Å². The fourth-order valence-corrected chi connectivity index (χ4v) is 5.86. The summed E-state index contributed by atoms with van der Waals surface area (Å²) in [6.07, 6.45) is 4.77. The smallest absolute Gasteiger partial charge is 0.348 e. The Bertz CT molecular complexity index is 1750. The number of ether oxygens (including phenoxy) is 1. The molecule has 4 N–H and O–H groups in total. The molecule has 1 aliphatic rings. The number of aromatic nitrogens is 4. The van der Waals surface area contributed by atoms with Crippen molar-refractivity contribution in [3.05, 3.63) is 58.6 Å². The van der Waals surface area contributed by atoms with Crippen LogP contribution in [0.2, 0.25) is 0 Å². The van der Waals surface area contributed by atoms with Crippen LogP contribution in [0.1, 0.15) is 65.4 Å². The van der Waals surface area contributed by atoms with E-state index in [2.05, 4.69) is 20.1 Å². The standard InChI is InChI=1S/C33H42N6O6/c1-20(2)24-17-25(28(41)18-27(24)40)30-35-36-32(44)39(30)23-6-7-26-22(16-23)11-15-37(26)12-8-21-9-13-38(14-10-21)31(43)34-19-29(42)45-33(3,4)5/h6-7,11,15-18,20-21,40-41H,8-10,12-14,19H2,1-5H3,(H,34,43)(H,36,44). The van der Waals surface area contributed by atoms with Gasteiger partial charge in [0.25, 0.3) is 0 Å². The number of fused-ring (bicyclic) bond motifs is 1. The van der Waals surface area contributed by atoms with Gasteiger partial charge in [-0.05, 0) is 87.8 Å². The second-order valence-corrected chi connectivity index (χ2v) is 13.0. The number of H-pyrrole nitrogens is 1. The van der Waals surface area contributed by atoms with Crippen molar-refractivity contribution < 1.29 is 24.5 Å². The number of phenols is 2. The Labute approximate surface area is 261 Å². The van der Waals surface area contributed by atoms with Crippen LogP contribution in [0.15, 0.2) is 47.4 Å². The molecule has 3 heterocycles. The van der Waals surface area contributed by atoms with Crippen LogP contribution < -0.4 is 11.0 Å². The molecule has 0 saturated carbocycles. The molecule has 2 aromatic heterocycles. The monoisotopic (exact) mass is 618 g/mol. The Morgan fingerprint density at radius 2 is 1.82 bits per heavy atom. The van der Waals surface area contributed by atoms with Crippen LogP contribution in [-0.4, -0.2) is 71.7 Å². The van der Waals surface area contributed by atoms with E-state index in [-0.39, 0.29) is 35.8 Å². The van der Waals surface area contributed by atoms with Crippen molar-refractivity contribution in [2.45, 2.75) is 71.9 Å². The lowest BCUT2D eigenvalue weighted by Gasteiger charge is -2.32. The summed E-state index contributed by atoms with van der Waals surface area (Å²) in [5, 5.41) is 31.2. The van der Waals surface area contributed by atoms with Gasteiger partial charge >= 0.3 is 17.7 Å². The van der Waals surface area contributed by atoms with Crippen molar-refractivity contribution >= 4 is 22.9 Å². The first-order valence-corrected chi connectivity index (χ1v) is 15.4. The number of likely N-dealkylation sites (tertiary alicyclic amines) is 1. The Morgan fingerprint density at radius 1 is 1.09 bits per heavy atom. The van der Waals surface area contributed by atoms with Crippen LogP contribution in [-0.2, 0) is 16.1 Å². The topological polar surface area (TPSA) is 155 Å². The average molecular weight is 619 g/mol. The normalized spacial score (nSPS) is 14.3. The summed E-state index contributed by atoms with van der Waals surface area (Å²) >= 11 is 0. The molecule has 0 aliphatic carbocycles. The summed E-state index contributed by atoms with van der Waals surface area (Å²) in [6.45, 7) is 11.2. The van der Waals surface area contributed by atoms with Gasteiger partial charge in [-0.25, -0.2) is 19.3 Å². The van der Waals surface area contributed by atoms with E-state index in [9.17, 15) is 24.6 Å². The number of aryl methyl sites for hydroxylation is 1. The molecule has 0 spiro atoms. The van der Waals surface area contributed by atoms with Crippen molar-refractivity contribution in [3.63, 3.8) is 0 Å². The number of nitrogens with zero attached hydrogens (tertiary/aromatic N) is 4. The van der Waals surface area contributed by atoms with E-state index in [1.807, 2.05) is 44.3 Å². The van der Waals surface area contributed by atoms with E-state index in [1.165, 1.54) is 10.6 Å². The summed E-state index contributed by atoms with van der Waals surface area (Å²) in [4.78, 5) is 39.1. The van der Waals surface area contributed by atoms with Gasteiger partial charge in [-0.1, -0.05) is 13.8 Å². The van der Waals surface area contributed by atoms with E-state index >= 15 is 0 Å². The molecule has 0 bridgehead atoms. The number of benzene rings is 2. The number of aromatic amines is 1. The van der Waals surface area contributed by atoms with Crippen molar-refractivity contribution in [3.8, 4) is 28.6 Å². The molecule has 0 atom stereocenters. The molecule has 4 aromatic rings. The average Bonchev–Trinajstić information content (AvgIpc) is 3.56. The first-order chi connectivity index (χ1) is 21.3. The number of aromatic hydroxyl groups is 2. The van der Waals surface area contributed by atoms with Crippen molar-refractivity contribution in [2.24, 2.45) is 5.92 Å². The fraction of sp³-hybridized carbons (Fsp3) is 0.455. The van der Waals surface area contributed by atoms with Gasteiger partial charge in [0.15, 0.2) is 5.82 Å².